The van der Waals surface area contributed by atoms with E-state index < -0.39 is 5.60 Å². The topological polar surface area (TPSA) is 49.8 Å². The molecule has 1 aromatic rings. The maximum Gasteiger partial charge on any atom is 0.254 e. The molecule has 1 saturated carbocycles. The third kappa shape index (κ3) is 4.14. The highest BCUT2D eigenvalue weighted by atomic mass is 19.1. The molecule has 132 valence electrons. The fraction of sp³-hybridized carbons (Fsp3) is 0.632. The van der Waals surface area contributed by atoms with Crippen molar-refractivity contribution in [1.29, 1.82) is 0 Å². The van der Waals surface area contributed by atoms with Crippen LogP contribution in [0.2, 0.25) is 0 Å². The largest absolute Gasteiger partial charge is 0.381 e. The summed E-state index contributed by atoms with van der Waals surface area (Å²) >= 11 is 0. The Morgan fingerprint density at radius 1 is 1.25 bits per heavy atom. The second kappa shape index (κ2) is 7.19. The summed E-state index contributed by atoms with van der Waals surface area (Å²) in [7, 11) is 0. The van der Waals surface area contributed by atoms with Crippen LogP contribution in [0.3, 0.4) is 0 Å². The maximum absolute atomic E-state index is 13.1. The first kappa shape index (κ1) is 17.4. The maximum atomic E-state index is 13.1. The minimum atomic E-state index is -1.38. The molecule has 2 aliphatic rings. The van der Waals surface area contributed by atoms with E-state index >= 15 is 0 Å². The van der Waals surface area contributed by atoms with Gasteiger partial charge in [0.25, 0.3) is 5.91 Å². The number of halogens is 1. The van der Waals surface area contributed by atoms with Crippen molar-refractivity contribution in [1.82, 2.24) is 4.90 Å². The Morgan fingerprint density at radius 2 is 1.88 bits per heavy atom. The van der Waals surface area contributed by atoms with Crippen LogP contribution in [-0.4, -0.2) is 41.3 Å². The second-order valence-electron chi connectivity index (χ2n) is 7.29. The number of benzene rings is 1. The molecular formula is C19H26FNO3. The van der Waals surface area contributed by atoms with Crippen molar-refractivity contribution >= 4 is 5.91 Å². The van der Waals surface area contributed by atoms with Crippen molar-refractivity contribution in [2.45, 2.75) is 44.8 Å². The molecule has 1 saturated heterocycles. The summed E-state index contributed by atoms with van der Waals surface area (Å²) in [4.78, 5) is 14.8. The number of ether oxygens (including phenoxy) is 1. The van der Waals surface area contributed by atoms with Gasteiger partial charge < -0.3 is 14.7 Å². The summed E-state index contributed by atoms with van der Waals surface area (Å²) in [6.07, 6.45) is 3.67. The first-order valence-electron chi connectivity index (χ1n) is 8.80. The van der Waals surface area contributed by atoms with Gasteiger partial charge in [-0.1, -0.05) is 12.1 Å². The number of carbonyl (C=O) groups is 1. The van der Waals surface area contributed by atoms with Crippen molar-refractivity contribution in [2.24, 2.45) is 11.8 Å². The molecule has 0 bridgehead atoms. The SMILES string of the molecule is CC(O)(C(=O)N(Cc1ccc(F)cc1)CC1CC1)C1CCOCC1. The highest BCUT2D eigenvalue weighted by molar-refractivity contribution is 5.85. The number of aliphatic hydroxyl groups is 1. The zero-order chi connectivity index (χ0) is 17.2. The lowest BCUT2D eigenvalue weighted by molar-refractivity contribution is -0.160. The molecule has 1 heterocycles. The normalized spacial score (nSPS) is 21.3. The standard InChI is InChI=1S/C19H26FNO3/c1-19(23,16-8-10-24-11-9-16)18(22)21(12-14-2-3-14)13-15-4-6-17(20)7-5-15/h4-7,14,16,23H,2-3,8-13H2,1H3. The first-order chi connectivity index (χ1) is 11.5. The van der Waals surface area contributed by atoms with Crippen molar-refractivity contribution in [2.75, 3.05) is 19.8 Å². The van der Waals surface area contributed by atoms with Crippen LogP contribution in [0.4, 0.5) is 4.39 Å². The van der Waals surface area contributed by atoms with Crippen molar-refractivity contribution < 1.29 is 19.0 Å². The summed E-state index contributed by atoms with van der Waals surface area (Å²) in [5.74, 6) is -0.0489. The van der Waals surface area contributed by atoms with Crippen LogP contribution in [-0.2, 0) is 16.1 Å². The van der Waals surface area contributed by atoms with Crippen molar-refractivity contribution in [3.8, 4) is 0 Å². The molecule has 0 spiro atoms. The molecule has 3 rings (SSSR count). The van der Waals surface area contributed by atoms with E-state index in [-0.39, 0.29) is 17.6 Å². The summed E-state index contributed by atoms with van der Waals surface area (Å²) in [6, 6.07) is 6.22. The molecule has 0 aromatic heterocycles. The van der Waals surface area contributed by atoms with Crippen LogP contribution in [0.5, 0.6) is 0 Å². The molecule has 1 aliphatic carbocycles. The molecule has 1 aliphatic heterocycles. The zero-order valence-corrected chi connectivity index (χ0v) is 14.2. The molecule has 0 radical (unpaired) electrons. The molecular weight excluding hydrogens is 309 g/mol. The Morgan fingerprint density at radius 3 is 2.46 bits per heavy atom. The lowest BCUT2D eigenvalue weighted by Gasteiger charge is -2.38. The quantitative estimate of drug-likeness (QED) is 0.870. The smallest absolute Gasteiger partial charge is 0.254 e. The van der Waals surface area contributed by atoms with Gasteiger partial charge in [-0.2, -0.15) is 0 Å². The van der Waals surface area contributed by atoms with Gasteiger partial charge in [-0.3, -0.25) is 4.79 Å². The van der Waals surface area contributed by atoms with Crippen molar-refractivity contribution in [3.63, 3.8) is 0 Å². The van der Waals surface area contributed by atoms with Gasteiger partial charge in [-0.05, 0) is 56.2 Å². The van der Waals surface area contributed by atoms with E-state index in [1.165, 1.54) is 12.1 Å². The number of hydrogen-bond donors (Lipinski definition) is 1. The van der Waals surface area contributed by atoms with Gasteiger partial charge in [-0.15, -0.1) is 0 Å². The van der Waals surface area contributed by atoms with Gasteiger partial charge in [0.2, 0.25) is 0 Å². The Kier molecular flexibility index (Phi) is 5.21. The van der Waals surface area contributed by atoms with Gasteiger partial charge in [0.05, 0.1) is 0 Å². The fourth-order valence-corrected chi connectivity index (χ4v) is 3.40. The fourth-order valence-electron chi connectivity index (χ4n) is 3.40. The van der Waals surface area contributed by atoms with E-state index in [0.29, 0.717) is 45.1 Å². The average Bonchev–Trinajstić information content (AvgIpc) is 3.40. The van der Waals surface area contributed by atoms with E-state index in [4.69, 9.17) is 4.74 Å². The molecule has 24 heavy (non-hydrogen) atoms. The monoisotopic (exact) mass is 335 g/mol. The minimum Gasteiger partial charge on any atom is -0.381 e. The molecule has 1 unspecified atom stereocenters. The molecule has 4 nitrogen and oxygen atoms in total. The van der Waals surface area contributed by atoms with Gasteiger partial charge >= 0.3 is 0 Å². The highest BCUT2D eigenvalue weighted by Crippen LogP contribution is 2.33. The molecule has 1 N–H and O–H groups in total. The molecule has 1 aromatic carbocycles. The van der Waals surface area contributed by atoms with E-state index in [1.807, 2.05) is 0 Å². The number of amides is 1. The third-order valence-electron chi connectivity index (χ3n) is 5.20. The van der Waals surface area contributed by atoms with Gasteiger partial charge in [0, 0.05) is 32.2 Å². The summed E-state index contributed by atoms with van der Waals surface area (Å²) < 4.78 is 18.4. The van der Waals surface area contributed by atoms with E-state index in [0.717, 1.165) is 18.4 Å². The van der Waals surface area contributed by atoms with Crippen LogP contribution in [0.25, 0.3) is 0 Å². The van der Waals surface area contributed by atoms with E-state index in [2.05, 4.69) is 0 Å². The van der Waals surface area contributed by atoms with Gasteiger partial charge in [0.15, 0.2) is 0 Å². The Balaban J connectivity index is 1.73. The zero-order valence-electron chi connectivity index (χ0n) is 14.2. The Labute approximate surface area is 142 Å². The van der Waals surface area contributed by atoms with E-state index in [1.54, 1.807) is 24.0 Å². The number of carbonyl (C=O) groups excluding carboxylic acids is 1. The van der Waals surface area contributed by atoms with Crippen LogP contribution >= 0.6 is 0 Å². The van der Waals surface area contributed by atoms with Crippen LogP contribution in [0.1, 0.15) is 38.2 Å². The number of hydrogen-bond acceptors (Lipinski definition) is 3. The molecule has 1 amide bonds. The Hall–Kier alpha value is -1.46. The van der Waals surface area contributed by atoms with Crippen LogP contribution in [0, 0.1) is 17.7 Å². The average molecular weight is 335 g/mol. The predicted molar refractivity (Wildman–Crippen MR) is 88.7 cm³/mol. The molecule has 2 fully saturated rings. The van der Waals surface area contributed by atoms with Crippen LogP contribution in [0.15, 0.2) is 24.3 Å². The minimum absolute atomic E-state index is 0.0753. The molecule has 1 atom stereocenters. The highest BCUT2D eigenvalue weighted by Gasteiger charge is 2.43. The van der Waals surface area contributed by atoms with Gasteiger partial charge in [0.1, 0.15) is 11.4 Å². The van der Waals surface area contributed by atoms with E-state index in [9.17, 15) is 14.3 Å². The summed E-state index contributed by atoms with van der Waals surface area (Å²) in [6.45, 7) is 3.89. The first-order valence-corrected chi connectivity index (χ1v) is 8.80. The Bertz CT molecular complexity index is 562. The lowest BCUT2D eigenvalue weighted by atomic mass is 9.82. The lowest BCUT2D eigenvalue weighted by Crippen LogP contribution is -2.53. The summed E-state index contributed by atoms with van der Waals surface area (Å²) in [5.41, 5.74) is -0.494. The van der Waals surface area contributed by atoms with Gasteiger partial charge in [-0.25, -0.2) is 4.39 Å². The number of nitrogens with zero attached hydrogens (tertiary/aromatic N) is 1. The molecule has 5 heteroatoms. The third-order valence-corrected chi connectivity index (χ3v) is 5.20. The number of rotatable bonds is 6. The van der Waals surface area contributed by atoms with Crippen molar-refractivity contribution in [3.05, 3.63) is 35.6 Å². The predicted octanol–water partition coefficient (Wildman–Crippen LogP) is 2.74. The van der Waals surface area contributed by atoms with Crippen LogP contribution < -0.4 is 0 Å². The summed E-state index contributed by atoms with van der Waals surface area (Å²) in [5, 5.41) is 10.9. The second-order valence-corrected chi connectivity index (χ2v) is 7.29.